The molecule has 1 heterocycles. The van der Waals surface area contributed by atoms with Crippen molar-refractivity contribution >= 4 is 17.4 Å². The van der Waals surface area contributed by atoms with Gasteiger partial charge in [0.05, 0.1) is 0 Å². The molecule has 4 heteroatoms. The molecule has 1 aromatic heterocycles. The van der Waals surface area contributed by atoms with Crippen LogP contribution in [0.4, 0.5) is 5.82 Å². The average molecular weight is 256 g/mol. The van der Waals surface area contributed by atoms with E-state index in [-0.39, 0.29) is 0 Å². The van der Waals surface area contributed by atoms with Gasteiger partial charge in [-0.3, -0.25) is 0 Å². The average Bonchev–Trinajstić information content (AvgIpc) is 2.23. The third-order valence-electron chi connectivity index (χ3n) is 2.66. The molecule has 0 bridgehead atoms. The highest BCUT2D eigenvalue weighted by atomic mass is 35.5. The van der Waals surface area contributed by atoms with E-state index >= 15 is 0 Å². The third kappa shape index (κ3) is 4.15. The summed E-state index contributed by atoms with van der Waals surface area (Å²) in [6.07, 6.45) is 1.91. The van der Waals surface area contributed by atoms with E-state index in [9.17, 15) is 0 Å². The standard InChI is InChI=1S/C13H22ClN3/c1-6-11-16-12(14)10(5)13(17-11)15-9(4)7-8(2)3/h8-9H,6-7H2,1-5H3,(H,15,16,17). The van der Waals surface area contributed by atoms with Crippen molar-refractivity contribution in [3.05, 3.63) is 16.5 Å². The van der Waals surface area contributed by atoms with Crippen LogP contribution in [0.5, 0.6) is 0 Å². The molecule has 0 aliphatic heterocycles. The van der Waals surface area contributed by atoms with E-state index in [0.29, 0.717) is 17.1 Å². The van der Waals surface area contributed by atoms with Crippen LogP contribution in [0.15, 0.2) is 0 Å². The van der Waals surface area contributed by atoms with Gasteiger partial charge in [-0.05, 0) is 26.2 Å². The quantitative estimate of drug-likeness (QED) is 0.813. The van der Waals surface area contributed by atoms with Crippen molar-refractivity contribution in [3.63, 3.8) is 0 Å². The van der Waals surface area contributed by atoms with E-state index in [1.807, 2.05) is 13.8 Å². The van der Waals surface area contributed by atoms with Crippen LogP contribution in [-0.4, -0.2) is 16.0 Å². The SMILES string of the molecule is CCc1nc(Cl)c(C)c(NC(C)CC(C)C)n1. The number of nitrogens with zero attached hydrogens (tertiary/aromatic N) is 2. The van der Waals surface area contributed by atoms with Gasteiger partial charge in [-0.15, -0.1) is 0 Å². The number of aromatic nitrogens is 2. The van der Waals surface area contributed by atoms with Gasteiger partial charge >= 0.3 is 0 Å². The normalized spacial score (nSPS) is 12.9. The molecule has 0 aliphatic carbocycles. The number of aryl methyl sites for hydroxylation is 1. The molecule has 1 N–H and O–H groups in total. The Bertz CT molecular complexity index is 377. The van der Waals surface area contributed by atoms with Gasteiger partial charge in [-0.2, -0.15) is 0 Å². The first-order chi connectivity index (χ1) is 7.93. The predicted octanol–water partition coefficient (Wildman–Crippen LogP) is 3.85. The van der Waals surface area contributed by atoms with E-state index in [4.69, 9.17) is 11.6 Å². The Morgan fingerprint density at radius 3 is 2.41 bits per heavy atom. The Morgan fingerprint density at radius 1 is 1.24 bits per heavy atom. The van der Waals surface area contributed by atoms with Gasteiger partial charge < -0.3 is 5.32 Å². The summed E-state index contributed by atoms with van der Waals surface area (Å²) < 4.78 is 0. The fourth-order valence-corrected chi connectivity index (χ4v) is 2.02. The Kier molecular flexibility index (Phi) is 5.19. The fourth-order valence-electron chi connectivity index (χ4n) is 1.83. The molecule has 17 heavy (non-hydrogen) atoms. The van der Waals surface area contributed by atoms with Crippen LogP contribution in [0.25, 0.3) is 0 Å². The van der Waals surface area contributed by atoms with Crippen molar-refractivity contribution in [2.45, 2.75) is 53.5 Å². The topological polar surface area (TPSA) is 37.8 Å². The summed E-state index contributed by atoms with van der Waals surface area (Å²) in [5.74, 6) is 2.33. The zero-order valence-electron chi connectivity index (χ0n) is 11.3. The molecule has 0 saturated carbocycles. The number of nitrogens with one attached hydrogen (secondary N) is 1. The van der Waals surface area contributed by atoms with Gasteiger partial charge in [0.1, 0.15) is 16.8 Å². The number of hydrogen-bond donors (Lipinski definition) is 1. The molecule has 0 radical (unpaired) electrons. The minimum atomic E-state index is 0.393. The Hall–Kier alpha value is -0.830. The van der Waals surface area contributed by atoms with E-state index < -0.39 is 0 Å². The van der Waals surface area contributed by atoms with Crippen LogP contribution in [0.3, 0.4) is 0 Å². The van der Waals surface area contributed by atoms with Gasteiger partial charge in [0.15, 0.2) is 0 Å². The summed E-state index contributed by atoms with van der Waals surface area (Å²) >= 11 is 6.10. The third-order valence-corrected chi connectivity index (χ3v) is 3.03. The first kappa shape index (κ1) is 14.2. The Morgan fingerprint density at radius 2 is 1.88 bits per heavy atom. The zero-order chi connectivity index (χ0) is 13.0. The highest BCUT2D eigenvalue weighted by Crippen LogP contribution is 2.21. The maximum Gasteiger partial charge on any atom is 0.137 e. The fraction of sp³-hybridized carbons (Fsp3) is 0.692. The molecular formula is C13H22ClN3. The van der Waals surface area contributed by atoms with E-state index in [1.54, 1.807) is 0 Å². The molecule has 0 spiro atoms. The lowest BCUT2D eigenvalue weighted by molar-refractivity contribution is 0.538. The minimum Gasteiger partial charge on any atom is -0.367 e. The minimum absolute atomic E-state index is 0.393. The molecule has 1 rings (SSSR count). The summed E-state index contributed by atoms with van der Waals surface area (Å²) in [6, 6.07) is 0.393. The second-order valence-corrected chi connectivity index (χ2v) is 5.29. The molecule has 96 valence electrons. The maximum absolute atomic E-state index is 6.10. The van der Waals surface area contributed by atoms with E-state index in [1.165, 1.54) is 0 Å². The van der Waals surface area contributed by atoms with Gasteiger partial charge in [-0.1, -0.05) is 32.4 Å². The molecular weight excluding hydrogens is 234 g/mol. The molecule has 0 aliphatic rings. The smallest absolute Gasteiger partial charge is 0.137 e. The monoisotopic (exact) mass is 255 g/mol. The molecule has 1 atom stereocenters. The van der Waals surface area contributed by atoms with Crippen LogP contribution < -0.4 is 5.32 Å². The molecule has 1 aromatic rings. The van der Waals surface area contributed by atoms with Crippen molar-refractivity contribution in [3.8, 4) is 0 Å². The molecule has 1 unspecified atom stereocenters. The van der Waals surface area contributed by atoms with Crippen molar-refractivity contribution in [1.29, 1.82) is 0 Å². The zero-order valence-corrected chi connectivity index (χ0v) is 12.1. The van der Waals surface area contributed by atoms with E-state index in [2.05, 4.69) is 36.1 Å². The van der Waals surface area contributed by atoms with Crippen molar-refractivity contribution < 1.29 is 0 Å². The molecule has 0 fully saturated rings. The first-order valence-corrected chi connectivity index (χ1v) is 6.61. The van der Waals surface area contributed by atoms with Gasteiger partial charge in [0.2, 0.25) is 0 Å². The van der Waals surface area contributed by atoms with Crippen molar-refractivity contribution in [2.75, 3.05) is 5.32 Å². The van der Waals surface area contributed by atoms with Gasteiger partial charge in [-0.25, -0.2) is 9.97 Å². The second kappa shape index (κ2) is 6.20. The Balaban J connectivity index is 2.86. The highest BCUT2D eigenvalue weighted by Gasteiger charge is 2.11. The van der Waals surface area contributed by atoms with E-state index in [0.717, 1.165) is 30.0 Å². The summed E-state index contributed by atoms with van der Waals surface area (Å²) in [6.45, 7) is 10.6. The predicted molar refractivity (Wildman–Crippen MR) is 73.7 cm³/mol. The van der Waals surface area contributed by atoms with Crippen LogP contribution in [0.2, 0.25) is 5.15 Å². The largest absolute Gasteiger partial charge is 0.367 e. The number of hydrogen-bond acceptors (Lipinski definition) is 3. The lowest BCUT2D eigenvalue weighted by Gasteiger charge is -2.18. The number of halogens is 1. The van der Waals surface area contributed by atoms with Crippen LogP contribution in [-0.2, 0) is 6.42 Å². The van der Waals surface area contributed by atoms with Crippen LogP contribution in [0.1, 0.15) is 45.5 Å². The maximum atomic E-state index is 6.10. The molecule has 0 amide bonds. The second-order valence-electron chi connectivity index (χ2n) is 4.93. The highest BCUT2D eigenvalue weighted by molar-refractivity contribution is 6.30. The van der Waals surface area contributed by atoms with Crippen LogP contribution in [0, 0.1) is 12.8 Å². The lowest BCUT2D eigenvalue weighted by atomic mass is 10.1. The van der Waals surface area contributed by atoms with Gasteiger partial charge in [0, 0.05) is 18.0 Å². The summed E-state index contributed by atoms with van der Waals surface area (Å²) in [5.41, 5.74) is 0.930. The van der Waals surface area contributed by atoms with Gasteiger partial charge in [0.25, 0.3) is 0 Å². The summed E-state index contributed by atoms with van der Waals surface area (Å²) in [7, 11) is 0. The van der Waals surface area contributed by atoms with Crippen molar-refractivity contribution in [1.82, 2.24) is 9.97 Å². The lowest BCUT2D eigenvalue weighted by Crippen LogP contribution is -2.19. The Labute approximate surface area is 109 Å². The molecule has 0 saturated heterocycles. The summed E-state index contributed by atoms with van der Waals surface area (Å²) in [5, 5.41) is 3.97. The molecule has 0 aromatic carbocycles. The first-order valence-electron chi connectivity index (χ1n) is 6.23. The molecule has 3 nitrogen and oxygen atoms in total. The summed E-state index contributed by atoms with van der Waals surface area (Å²) in [4.78, 5) is 8.73. The number of rotatable bonds is 5. The van der Waals surface area contributed by atoms with Crippen LogP contribution >= 0.6 is 11.6 Å². The number of anilines is 1. The van der Waals surface area contributed by atoms with Crippen molar-refractivity contribution in [2.24, 2.45) is 5.92 Å².